The molecule has 0 saturated carbocycles. The number of sulfonamides is 1. The van der Waals surface area contributed by atoms with Crippen LogP contribution in [0, 0.1) is 0 Å². The molecule has 29 heavy (non-hydrogen) atoms. The van der Waals surface area contributed by atoms with Gasteiger partial charge in [-0.05, 0) is 48.7 Å². The van der Waals surface area contributed by atoms with Crippen molar-refractivity contribution in [2.45, 2.75) is 12.8 Å². The number of carbonyl (C=O) groups is 1. The molecule has 0 aromatic heterocycles. The highest BCUT2D eigenvalue weighted by atomic mass is 32.2. The topological polar surface area (TPSA) is 94.2 Å². The number of benzene rings is 2. The van der Waals surface area contributed by atoms with Crippen LogP contribution in [0.25, 0.3) is 0 Å². The summed E-state index contributed by atoms with van der Waals surface area (Å²) in [5, 5.41) is 2.84. The van der Waals surface area contributed by atoms with Crippen LogP contribution in [0.5, 0.6) is 17.2 Å². The Morgan fingerprint density at radius 2 is 1.69 bits per heavy atom. The molecular formula is C20H24N2O6S. The first kappa shape index (κ1) is 20.8. The molecule has 156 valence electrons. The van der Waals surface area contributed by atoms with Gasteiger partial charge >= 0.3 is 0 Å². The molecule has 0 atom stereocenters. The second-order valence-corrected chi connectivity index (χ2v) is 8.56. The summed E-state index contributed by atoms with van der Waals surface area (Å²) in [4.78, 5) is 12.8. The maximum Gasteiger partial charge on any atom is 0.255 e. The number of nitrogens with zero attached hydrogens (tertiary/aromatic N) is 1. The zero-order chi connectivity index (χ0) is 21.2. The number of anilines is 2. The van der Waals surface area contributed by atoms with E-state index in [2.05, 4.69) is 5.32 Å². The number of amides is 1. The van der Waals surface area contributed by atoms with Crippen LogP contribution in [0.3, 0.4) is 0 Å². The standard InChI is InChI=1S/C20H24N2O6S/c1-26-17-11-14(12-18(27-2)19(17)28-3)20(23)21-15-7-8-16-13(10-15)6-5-9-22(16)29(4,24)25/h7-8,10-12H,5-6,9H2,1-4H3,(H,21,23). The Hall–Kier alpha value is -2.94. The van der Waals surface area contributed by atoms with Crippen LogP contribution in [-0.4, -0.2) is 48.5 Å². The van der Waals surface area contributed by atoms with Crippen molar-refractivity contribution in [3.05, 3.63) is 41.5 Å². The fourth-order valence-electron chi connectivity index (χ4n) is 3.40. The fourth-order valence-corrected chi connectivity index (χ4v) is 4.40. The molecule has 9 heteroatoms. The van der Waals surface area contributed by atoms with E-state index in [1.54, 1.807) is 24.3 Å². The molecule has 0 bridgehead atoms. The second kappa shape index (κ2) is 8.20. The maximum absolute atomic E-state index is 12.8. The predicted molar refractivity (Wildman–Crippen MR) is 111 cm³/mol. The van der Waals surface area contributed by atoms with Crippen molar-refractivity contribution in [2.75, 3.05) is 43.8 Å². The SMILES string of the molecule is COc1cc(C(=O)Nc2ccc3c(c2)CCCN3S(C)(=O)=O)cc(OC)c1OC. The average molecular weight is 420 g/mol. The van der Waals surface area contributed by atoms with Crippen molar-refractivity contribution in [3.8, 4) is 17.2 Å². The Balaban J connectivity index is 1.89. The Kier molecular flexibility index (Phi) is 5.88. The lowest BCUT2D eigenvalue weighted by Crippen LogP contribution is -2.34. The first-order valence-electron chi connectivity index (χ1n) is 9.00. The van der Waals surface area contributed by atoms with Crippen molar-refractivity contribution < 1.29 is 27.4 Å². The molecule has 1 aliphatic rings. The van der Waals surface area contributed by atoms with Crippen LogP contribution in [0.1, 0.15) is 22.3 Å². The first-order chi connectivity index (χ1) is 13.8. The molecule has 1 N–H and O–H groups in total. The second-order valence-electron chi connectivity index (χ2n) is 6.65. The van der Waals surface area contributed by atoms with E-state index in [9.17, 15) is 13.2 Å². The van der Waals surface area contributed by atoms with Gasteiger partial charge in [0.2, 0.25) is 15.8 Å². The molecule has 0 spiro atoms. The van der Waals surface area contributed by atoms with Gasteiger partial charge in [0.1, 0.15) is 0 Å². The van der Waals surface area contributed by atoms with E-state index < -0.39 is 10.0 Å². The lowest BCUT2D eigenvalue weighted by molar-refractivity contribution is 0.102. The molecule has 0 aliphatic carbocycles. The minimum Gasteiger partial charge on any atom is -0.493 e. The van der Waals surface area contributed by atoms with Crippen LogP contribution in [-0.2, 0) is 16.4 Å². The number of fused-ring (bicyclic) bond motifs is 1. The Morgan fingerprint density at radius 3 is 2.24 bits per heavy atom. The lowest BCUT2D eigenvalue weighted by atomic mass is 10.0. The molecule has 3 rings (SSSR count). The van der Waals surface area contributed by atoms with Crippen LogP contribution in [0.15, 0.2) is 30.3 Å². The normalized spacial score (nSPS) is 13.4. The molecule has 1 aliphatic heterocycles. The molecule has 0 radical (unpaired) electrons. The third kappa shape index (κ3) is 4.24. The zero-order valence-electron chi connectivity index (χ0n) is 16.8. The van der Waals surface area contributed by atoms with Crippen LogP contribution in [0.4, 0.5) is 11.4 Å². The van der Waals surface area contributed by atoms with E-state index in [0.717, 1.165) is 18.4 Å². The van der Waals surface area contributed by atoms with Crippen molar-refractivity contribution in [2.24, 2.45) is 0 Å². The minimum absolute atomic E-state index is 0.343. The first-order valence-corrected chi connectivity index (χ1v) is 10.8. The van der Waals surface area contributed by atoms with Gasteiger partial charge in [-0.3, -0.25) is 9.10 Å². The van der Waals surface area contributed by atoms with Crippen molar-refractivity contribution >= 4 is 27.3 Å². The van der Waals surface area contributed by atoms with E-state index in [4.69, 9.17) is 14.2 Å². The Bertz CT molecular complexity index is 1010. The minimum atomic E-state index is -3.33. The lowest BCUT2D eigenvalue weighted by Gasteiger charge is -2.29. The summed E-state index contributed by atoms with van der Waals surface area (Å²) in [5.74, 6) is 0.818. The molecule has 0 fully saturated rings. The number of nitrogens with one attached hydrogen (secondary N) is 1. The zero-order valence-corrected chi connectivity index (χ0v) is 17.6. The summed E-state index contributed by atoms with van der Waals surface area (Å²) in [6.07, 6.45) is 2.67. The van der Waals surface area contributed by atoms with Gasteiger partial charge in [0.05, 0.1) is 33.3 Å². The average Bonchev–Trinajstić information content (AvgIpc) is 2.71. The van der Waals surface area contributed by atoms with Crippen LogP contribution in [0.2, 0.25) is 0 Å². The third-order valence-electron chi connectivity index (χ3n) is 4.74. The summed E-state index contributed by atoms with van der Waals surface area (Å²) in [7, 11) is 1.12. The molecule has 8 nitrogen and oxygen atoms in total. The largest absolute Gasteiger partial charge is 0.493 e. The highest BCUT2D eigenvalue weighted by Crippen LogP contribution is 2.38. The van der Waals surface area contributed by atoms with Gasteiger partial charge < -0.3 is 19.5 Å². The van der Waals surface area contributed by atoms with E-state index in [-0.39, 0.29) is 5.91 Å². The van der Waals surface area contributed by atoms with E-state index in [0.29, 0.717) is 40.7 Å². The number of rotatable bonds is 6. The van der Waals surface area contributed by atoms with E-state index >= 15 is 0 Å². The van der Waals surface area contributed by atoms with Gasteiger partial charge in [-0.1, -0.05) is 0 Å². The van der Waals surface area contributed by atoms with Gasteiger partial charge in [-0.2, -0.15) is 0 Å². The van der Waals surface area contributed by atoms with Crippen molar-refractivity contribution in [1.29, 1.82) is 0 Å². The Labute approximate surface area is 170 Å². The van der Waals surface area contributed by atoms with Gasteiger partial charge in [0.25, 0.3) is 5.91 Å². The summed E-state index contributed by atoms with van der Waals surface area (Å²) in [5.41, 5.74) is 2.46. The molecule has 0 saturated heterocycles. The fraction of sp³-hybridized carbons (Fsp3) is 0.350. The molecule has 1 heterocycles. The van der Waals surface area contributed by atoms with Gasteiger partial charge in [-0.15, -0.1) is 0 Å². The van der Waals surface area contributed by atoms with Crippen LogP contribution < -0.4 is 23.8 Å². The van der Waals surface area contributed by atoms with E-state index in [1.807, 2.05) is 6.07 Å². The smallest absolute Gasteiger partial charge is 0.255 e. The number of hydrogen-bond acceptors (Lipinski definition) is 6. The number of hydrogen-bond donors (Lipinski definition) is 1. The number of aryl methyl sites for hydroxylation is 1. The monoisotopic (exact) mass is 420 g/mol. The predicted octanol–water partition coefficient (Wildman–Crippen LogP) is 2.68. The molecule has 2 aromatic carbocycles. The van der Waals surface area contributed by atoms with Gasteiger partial charge in [0.15, 0.2) is 11.5 Å². The molecular weight excluding hydrogens is 396 g/mol. The summed E-state index contributed by atoms with van der Waals surface area (Å²) in [6, 6.07) is 8.36. The maximum atomic E-state index is 12.8. The summed E-state index contributed by atoms with van der Waals surface area (Å²) >= 11 is 0. The van der Waals surface area contributed by atoms with Gasteiger partial charge in [0, 0.05) is 17.8 Å². The molecule has 2 aromatic rings. The van der Waals surface area contributed by atoms with Crippen molar-refractivity contribution in [3.63, 3.8) is 0 Å². The van der Waals surface area contributed by atoms with E-state index in [1.165, 1.54) is 31.9 Å². The highest BCUT2D eigenvalue weighted by molar-refractivity contribution is 7.92. The third-order valence-corrected chi connectivity index (χ3v) is 5.92. The van der Waals surface area contributed by atoms with Crippen LogP contribution >= 0.6 is 0 Å². The highest BCUT2D eigenvalue weighted by Gasteiger charge is 2.24. The summed E-state index contributed by atoms with van der Waals surface area (Å²) in [6.45, 7) is 0.461. The quantitative estimate of drug-likeness (QED) is 0.772. The number of carbonyl (C=O) groups excluding carboxylic acids is 1. The number of methoxy groups -OCH3 is 3. The molecule has 0 unspecified atom stereocenters. The molecule has 1 amide bonds. The van der Waals surface area contributed by atoms with Crippen molar-refractivity contribution in [1.82, 2.24) is 0 Å². The summed E-state index contributed by atoms with van der Waals surface area (Å²) < 4.78 is 41.2. The Morgan fingerprint density at radius 1 is 1.03 bits per heavy atom. The van der Waals surface area contributed by atoms with Gasteiger partial charge in [-0.25, -0.2) is 8.42 Å². The number of ether oxygens (including phenoxy) is 3.